The van der Waals surface area contributed by atoms with E-state index in [1.807, 2.05) is 37.0 Å². The molecule has 208 valence electrons. The average molecular weight is 524 g/mol. The summed E-state index contributed by atoms with van der Waals surface area (Å²) in [6, 6.07) is 8.72. The number of piperidine rings is 1. The molecule has 1 aromatic rings. The van der Waals surface area contributed by atoms with Crippen molar-refractivity contribution < 1.29 is 9.59 Å². The molecule has 0 aromatic heterocycles. The van der Waals surface area contributed by atoms with Gasteiger partial charge < -0.3 is 21.3 Å². The lowest BCUT2D eigenvalue weighted by molar-refractivity contribution is -0.141. The molecule has 2 saturated heterocycles. The molecule has 3 atom stereocenters. The van der Waals surface area contributed by atoms with Gasteiger partial charge in [0, 0.05) is 70.8 Å². The zero-order valence-corrected chi connectivity index (χ0v) is 23.4. The van der Waals surface area contributed by atoms with Crippen molar-refractivity contribution in [2.24, 2.45) is 39.6 Å². The van der Waals surface area contributed by atoms with Gasteiger partial charge in [0.15, 0.2) is 0 Å². The maximum atomic E-state index is 12.7. The second kappa shape index (κ2) is 12.0. The number of benzene rings is 1. The van der Waals surface area contributed by atoms with Crippen molar-refractivity contribution in [1.29, 1.82) is 0 Å². The molecule has 9 heteroatoms. The Bertz CT molecular complexity index is 1020. The van der Waals surface area contributed by atoms with Gasteiger partial charge in [-0.15, -0.1) is 0 Å². The Morgan fingerprint density at radius 2 is 1.71 bits per heavy atom. The summed E-state index contributed by atoms with van der Waals surface area (Å²) in [5.41, 5.74) is 13.2. The number of amides is 2. The molecule has 1 aromatic carbocycles. The number of piperazine rings is 1. The molecular weight excluding hydrogens is 478 g/mol. The minimum atomic E-state index is -0.551. The molecule has 0 bridgehead atoms. The number of rotatable bonds is 10. The van der Waals surface area contributed by atoms with Crippen LogP contribution in [0.3, 0.4) is 0 Å². The third kappa shape index (κ3) is 6.11. The second-order valence-corrected chi connectivity index (χ2v) is 11.7. The molecule has 0 radical (unpaired) electrons. The Hall–Kier alpha value is -2.75. The molecule has 1 aliphatic carbocycles. The third-order valence-electron chi connectivity index (χ3n) is 8.77. The average Bonchev–Trinajstić information content (AvgIpc) is 3.41. The number of hydrogen-bond acceptors (Lipinski definition) is 6. The summed E-state index contributed by atoms with van der Waals surface area (Å²) in [5, 5.41) is 0. The van der Waals surface area contributed by atoms with E-state index in [-0.39, 0.29) is 5.91 Å². The minimum Gasteiger partial charge on any atom is -0.353 e. The normalized spacial score (nSPS) is 25.0. The molecule has 3 aliphatic rings. The zero-order chi connectivity index (χ0) is 27.4. The molecule has 4 N–H and O–H groups in total. The predicted octanol–water partition coefficient (Wildman–Crippen LogP) is 1.39. The van der Waals surface area contributed by atoms with Crippen LogP contribution in [-0.2, 0) is 16.0 Å². The van der Waals surface area contributed by atoms with Crippen LogP contribution >= 0.6 is 0 Å². The number of carbonyl (C=O) groups excluding carboxylic acids is 2. The van der Waals surface area contributed by atoms with Crippen LogP contribution in [0.15, 0.2) is 41.5 Å². The lowest BCUT2D eigenvalue weighted by Gasteiger charge is -2.39. The standard InChI is InChI=1S/C29H45N7O2/c1-21(36-17-25-24(16-30)26(25)18-36)15-22-5-7-23(8-6-22)35(20-37)10-9-27(32-4)33-11-13-34(14-12-33)28(38)29(2,3)19-31/h5-10,20-21,24-26H,11-19,30-31H2,1-4H3/b10-9-,32-27?. The van der Waals surface area contributed by atoms with Crippen molar-refractivity contribution in [3.8, 4) is 0 Å². The fraction of sp³-hybridized carbons (Fsp3) is 0.621. The predicted molar refractivity (Wildman–Crippen MR) is 153 cm³/mol. The number of carbonyl (C=O) groups is 2. The van der Waals surface area contributed by atoms with Crippen molar-refractivity contribution in [2.45, 2.75) is 33.2 Å². The summed E-state index contributed by atoms with van der Waals surface area (Å²) in [4.78, 5) is 37.2. The lowest BCUT2D eigenvalue weighted by Crippen LogP contribution is -2.54. The van der Waals surface area contributed by atoms with Crippen molar-refractivity contribution >= 4 is 23.8 Å². The Labute approximate surface area is 227 Å². The molecule has 9 nitrogen and oxygen atoms in total. The van der Waals surface area contributed by atoms with E-state index < -0.39 is 5.41 Å². The first kappa shape index (κ1) is 28.3. The van der Waals surface area contributed by atoms with E-state index in [9.17, 15) is 9.59 Å². The minimum absolute atomic E-state index is 0.0902. The van der Waals surface area contributed by atoms with Gasteiger partial charge in [-0.2, -0.15) is 0 Å². The van der Waals surface area contributed by atoms with Crippen LogP contribution in [-0.4, -0.2) is 98.3 Å². The Balaban J connectivity index is 1.29. The van der Waals surface area contributed by atoms with E-state index in [1.165, 1.54) is 18.7 Å². The summed E-state index contributed by atoms with van der Waals surface area (Å²) < 4.78 is 0. The van der Waals surface area contributed by atoms with E-state index >= 15 is 0 Å². The van der Waals surface area contributed by atoms with Gasteiger partial charge in [0.05, 0.1) is 5.41 Å². The van der Waals surface area contributed by atoms with Gasteiger partial charge >= 0.3 is 0 Å². The van der Waals surface area contributed by atoms with E-state index in [4.69, 9.17) is 11.5 Å². The van der Waals surface area contributed by atoms with Crippen molar-refractivity contribution in [3.63, 3.8) is 0 Å². The monoisotopic (exact) mass is 523 g/mol. The quantitative estimate of drug-likeness (QED) is 0.272. The van der Waals surface area contributed by atoms with Crippen molar-refractivity contribution in [2.75, 3.05) is 64.3 Å². The first-order chi connectivity index (χ1) is 18.2. The number of likely N-dealkylation sites (tertiary alicyclic amines) is 1. The zero-order valence-electron chi connectivity index (χ0n) is 23.4. The SMILES string of the molecule is CN=C(/C=C\N(C=O)c1ccc(CC(C)N2CC3C(CN)C3C2)cc1)N1CCN(C(=O)C(C)(C)CN)CC1. The molecule has 3 unspecified atom stereocenters. The number of nitrogens with zero attached hydrogens (tertiary/aromatic N) is 5. The van der Waals surface area contributed by atoms with Crippen LogP contribution in [0.25, 0.3) is 0 Å². The highest BCUT2D eigenvalue weighted by Crippen LogP contribution is 2.51. The summed E-state index contributed by atoms with van der Waals surface area (Å²) in [6.45, 7) is 12.2. The van der Waals surface area contributed by atoms with Gasteiger partial charge in [0.2, 0.25) is 12.3 Å². The van der Waals surface area contributed by atoms with Gasteiger partial charge in [0.25, 0.3) is 0 Å². The fourth-order valence-electron chi connectivity index (χ4n) is 5.97. The molecule has 3 fully saturated rings. The number of fused-ring (bicyclic) bond motifs is 1. The maximum absolute atomic E-state index is 12.7. The lowest BCUT2D eigenvalue weighted by atomic mass is 9.91. The smallest absolute Gasteiger partial charge is 0.229 e. The first-order valence-corrected chi connectivity index (χ1v) is 13.9. The molecule has 1 saturated carbocycles. The summed E-state index contributed by atoms with van der Waals surface area (Å²) in [7, 11) is 1.75. The van der Waals surface area contributed by atoms with Gasteiger partial charge in [-0.05, 0) is 75.3 Å². The van der Waals surface area contributed by atoms with Crippen LogP contribution in [0.4, 0.5) is 5.69 Å². The van der Waals surface area contributed by atoms with E-state index in [1.54, 1.807) is 18.1 Å². The largest absolute Gasteiger partial charge is 0.353 e. The molecular formula is C29H45N7O2. The Kier molecular flexibility index (Phi) is 8.90. The number of aliphatic imine (C=N–C) groups is 1. The number of hydrogen-bond donors (Lipinski definition) is 2. The molecule has 2 aliphatic heterocycles. The summed E-state index contributed by atoms with van der Waals surface area (Å²) in [5.74, 6) is 3.24. The third-order valence-corrected chi connectivity index (χ3v) is 8.77. The summed E-state index contributed by atoms with van der Waals surface area (Å²) in [6.07, 6.45) is 5.43. The highest BCUT2D eigenvalue weighted by molar-refractivity contribution is 5.94. The maximum Gasteiger partial charge on any atom is 0.229 e. The Morgan fingerprint density at radius 1 is 1.11 bits per heavy atom. The van der Waals surface area contributed by atoms with E-state index in [2.05, 4.69) is 33.8 Å². The van der Waals surface area contributed by atoms with Crippen LogP contribution < -0.4 is 16.4 Å². The second-order valence-electron chi connectivity index (χ2n) is 11.7. The number of amidine groups is 1. The van der Waals surface area contributed by atoms with Crippen molar-refractivity contribution in [1.82, 2.24) is 14.7 Å². The topological polar surface area (TPSA) is 111 Å². The highest BCUT2D eigenvalue weighted by Gasteiger charge is 2.55. The van der Waals surface area contributed by atoms with Gasteiger partial charge in [-0.1, -0.05) is 12.1 Å². The van der Waals surface area contributed by atoms with Crippen LogP contribution in [0.2, 0.25) is 0 Å². The molecule has 4 rings (SSSR count). The first-order valence-electron chi connectivity index (χ1n) is 13.9. The Morgan fingerprint density at radius 3 is 2.24 bits per heavy atom. The molecule has 38 heavy (non-hydrogen) atoms. The van der Waals surface area contributed by atoms with Gasteiger partial charge in [-0.3, -0.25) is 24.4 Å². The van der Waals surface area contributed by atoms with Gasteiger partial charge in [-0.25, -0.2) is 0 Å². The van der Waals surface area contributed by atoms with E-state index in [0.29, 0.717) is 38.8 Å². The van der Waals surface area contributed by atoms with Gasteiger partial charge in [0.1, 0.15) is 5.84 Å². The highest BCUT2D eigenvalue weighted by atomic mass is 16.2. The summed E-state index contributed by atoms with van der Waals surface area (Å²) >= 11 is 0. The number of nitrogens with two attached hydrogens (primary N) is 2. The fourth-order valence-corrected chi connectivity index (χ4v) is 5.97. The van der Waals surface area contributed by atoms with Crippen LogP contribution in [0.1, 0.15) is 26.3 Å². The molecule has 2 amide bonds. The van der Waals surface area contributed by atoms with Crippen molar-refractivity contribution in [3.05, 3.63) is 42.1 Å². The molecule has 2 heterocycles. The number of anilines is 1. The van der Waals surface area contributed by atoms with Crippen LogP contribution in [0.5, 0.6) is 0 Å². The molecule has 0 spiro atoms. The van der Waals surface area contributed by atoms with Crippen LogP contribution in [0, 0.1) is 23.2 Å². The van der Waals surface area contributed by atoms with E-state index in [0.717, 1.165) is 48.7 Å².